The van der Waals surface area contributed by atoms with Crippen LogP contribution in [0.15, 0.2) is 22.7 Å². The molecule has 6 nitrogen and oxygen atoms in total. The summed E-state index contributed by atoms with van der Waals surface area (Å²) >= 11 is 0. The van der Waals surface area contributed by atoms with Crippen LogP contribution in [0.1, 0.15) is 12.2 Å². The molecule has 0 amide bonds. The average molecular weight is 250 g/mol. The van der Waals surface area contributed by atoms with Gasteiger partial charge < -0.3 is 19.5 Å². The van der Waals surface area contributed by atoms with Crippen LogP contribution < -0.4 is 0 Å². The Morgan fingerprint density at radius 3 is 2.89 bits per heavy atom. The highest BCUT2D eigenvalue weighted by Crippen LogP contribution is 2.30. The van der Waals surface area contributed by atoms with Crippen LogP contribution in [-0.2, 0) is 11.2 Å². The van der Waals surface area contributed by atoms with Crippen molar-refractivity contribution in [1.82, 2.24) is 10.1 Å². The Balaban J connectivity index is 2.13. The zero-order chi connectivity index (χ0) is 13.0. The van der Waals surface area contributed by atoms with E-state index < -0.39 is 0 Å². The topological polar surface area (TPSA) is 88.6 Å². The Kier molecular flexibility index (Phi) is 3.78. The maximum atomic E-state index is 9.66. The van der Waals surface area contributed by atoms with Gasteiger partial charge in [-0.2, -0.15) is 4.98 Å². The first kappa shape index (κ1) is 12.4. The molecule has 0 radical (unpaired) electrons. The molecule has 2 rings (SSSR count). The van der Waals surface area contributed by atoms with Crippen LogP contribution in [-0.4, -0.2) is 34.1 Å². The SMILES string of the molecule is COCCCc1noc(-c2ccc(O)cc2O)n1. The standard InChI is InChI=1S/C12H14N2O4/c1-17-6-2-3-11-13-12(18-14-11)9-5-4-8(15)7-10(9)16/h4-5,7,15-16H,2-3,6H2,1H3. The summed E-state index contributed by atoms with van der Waals surface area (Å²) in [6, 6.07) is 4.20. The number of nitrogens with zero attached hydrogens (tertiary/aromatic N) is 2. The third kappa shape index (κ3) is 2.78. The lowest BCUT2D eigenvalue weighted by molar-refractivity contribution is 0.194. The number of hydrogen-bond acceptors (Lipinski definition) is 6. The molecule has 0 unspecified atom stereocenters. The minimum Gasteiger partial charge on any atom is -0.508 e. The molecule has 6 heteroatoms. The quantitative estimate of drug-likeness (QED) is 0.785. The molecule has 0 saturated heterocycles. The molecule has 0 fully saturated rings. The Labute approximate surface area is 104 Å². The van der Waals surface area contributed by atoms with Gasteiger partial charge in [0.15, 0.2) is 5.82 Å². The van der Waals surface area contributed by atoms with Gasteiger partial charge in [-0.05, 0) is 18.6 Å². The van der Waals surface area contributed by atoms with Gasteiger partial charge in [-0.25, -0.2) is 0 Å². The second kappa shape index (κ2) is 5.50. The van der Waals surface area contributed by atoms with Crippen LogP contribution in [0.4, 0.5) is 0 Å². The number of aryl methyl sites for hydroxylation is 1. The fourth-order valence-electron chi connectivity index (χ4n) is 1.54. The van der Waals surface area contributed by atoms with Crippen LogP contribution in [0.5, 0.6) is 11.5 Å². The molecule has 0 bridgehead atoms. The summed E-state index contributed by atoms with van der Waals surface area (Å²) in [6.07, 6.45) is 1.45. The molecule has 1 heterocycles. The van der Waals surface area contributed by atoms with Gasteiger partial charge in [0.1, 0.15) is 11.5 Å². The summed E-state index contributed by atoms with van der Waals surface area (Å²) in [5, 5.41) is 22.7. The van der Waals surface area contributed by atoms with E-state index in [2.05, 4.69) is 10.1 Å². The number of rotatable bonds is 5. The highest BCUT2D eigenvalue weighted by atomic mass is 16.5. The molecular weight excluding hydrogens is 236 g/mol. The van der Waals surface area contributed by atoms with E-state index in [0.717, 1.165) is 6.42 Å². The minimum atomic E-state index is -0.0953. The highest BCUT2D eigenvalue weighted by molar-refractivity contribution is 5.63. The minimum absolute atomic E-state index is 0.0175. The van der Waals surface area contributed by atoms with Gasteiger partial charge in [0.2, 0.25) is 0 Å². The zero-order valence-electron chi connectivity index (χ0n) is 9.96. The van der Waals surface area contributed by atoms with Gasteiger partial charge in [-0.15, -0.1) is 0 Å². The molecule has 0 saturated carbocycles. The number of aromatic hydroxyl groups is 2. The number of benzene rings is 1. The van der Waals surface area contributed by atoms with Gasteiger partial charge in [0.05, 0.1) is 5.56 Å². The van der Waals surface area contributed by atoms with Crippen molar-refractivity contribution in [2.24, 2.45) is 0 Å². The summed E-state index contributed by atoms with van der Waals surface area (Å²) < 4.78 is 9.99. The first-order valence-electron chi connectivity index (χ1n) is 5.54. The van der Waals surface area contributed by atoms with Crippen molar-refractivity contribution in [2.45, 2.75) is 12.8 Å². The lowest BCUT2D eigenvalue weighted by atomic mass is 10.2. The fraction of sp³-hybridized carbons (Fsp3) is 0.333. The summed E-state index contributed by atoms with van der Waals surface area (Å²) in [5.41, 5.74) is 0.401. The fourth-order valence-corrected chi connectivity index (χ4v) is 1.54. The number of phenolic OH excluding ortho intramolecular Hbond substituents is 2. The van der Waals surface area contributed by atoms with Gasteiger partial charge in [0, 0.05) is 26.2 Å². The molecule has 0 aliphatic heterocycles. The van der Waals surface area contributed by atoms with E-state index in [9.17, 15) is 10.2 Å². The van der Waals surface area contributed by atoms with E-state index in [1.807, 2.05) is 0 Å². The van der Waals surface area contributed by atoms with Crippen LogP contribution in [0.2, 0.25) is 0 Å². The molecule has 0 aliphatic rings. The lowest BCUT2D eigenvalue weighted by Gasteiger charge is -1.99. The zero-order valence-corrected chi connectivity index (χ0v) is 9.96. The predicted molar refractivity (Wildman–Crippen MR) is 63.3 cm³/mol. The Morgan fingerprint density at radius 2 is 2.17 bits per heavy atom. The van der Waals surface area contributed by atoms with Crippen molar-refractivity contribution in [2.75, 3.05) is 13.7 Å². The van der Waals surface area contributed by atoms with Gasteiger partial charge >= 0.3 is 0 Å². The van der Waals surface area contributed by atoms with Crippen molar-refractivity contribution in [3.05, 3.63) is 24.0 Å². The van der Waals surface area contributed by atoms with Crippen LogP contribution in [0, 0.1) is 0 Å². The summed E-state index contributed by atoms with van der Waals surface area (Å²) in [6.45, 7) is 0.633. The smallest absolute Gasteiger partial charge is 0.261 e. The van der Waals surface area contributed by atoms with Gasteiger partial charge in [-0.3, -0.25) is 0 Å². The van der Waals surface area contributed by atoms with Gasteiger partial charge in [-0.1, -0.05) is 5.16 Å². The van der Waals surface area contributed by atoms with Crippen LogP contribution >= 0.6 is 0 Å². The molecule has 2 N–H and O–H groups in total. The third-order valence-corrected chi connectivity index (χ3v) is 2.43. The molecule has 1 aromatic carbocycles. The second-order valence-electron chi connectivity index (χ2n) is 3.81. The first-order valence-corrected chi connectivity index (χ1v) is 5.54. The van der Waals surface area contributed by atoms with Crippen molar-refractivity contribution in [1.29, 1.82) is 0 Å². The molecule has 2 aromatic rings. The Bertz CT molecular complexity index is 525. The average Bonchev–Trinajstić information content (AvgIpc) is 2.78. The number of hydrogen-bond donors (Lipinski definition) is 2. The normalized spacial score (nSPS) is 10.7. The van der Waals surface area contributed by atoms with Crippen LogP contribution in [0.25, 0.3) is 11.5 Å². The van der Waals surface area contributed by atoms with Gasteiger partial charge in [0.25, 0.3) is 5.89 Å². The highest BCUT2D eigenvalue weighted by Gasteiger charge is 2.13. The Hall–Kier alpha value is -2.08. The Morgan fingerprint density at radius 1 is 1.33 bits per heavy atom. The van der Waals surface area contributed by atoms with Crippen molar-refractivity contribution in [3.63, 3.8) is 0 Å². The van der Waals surface area contributed by atoms with E-state index in [0.29, 0.717) is 24.4 Å². The van der Waals surface area contributed by atoms with E-state index in [1.54, 1.807) is 7.11 Å². The maximum absolute atomic E-state index is 9.66. The molecule has 1 aromatic heterocycles. The number of ether oxygens (including phenoxy) is 1. The second-order valence-corrected chi connectivity index (χ2v) is 3.81. The molecular formula is C12H14N2O4. The predicted octanol–water partition coefficient (Wildman–Crippen LogP) is 1.73. The summed E-state index contributed by atoms with van der Waals surface area (Å²) in [4.78, 5) is 4.17. The number of methoxy groups -OCH3 is 1. The monoisotopic (exact) mass is 250 g/mol. The number of phenols is 2. The first-order chi connectivity index (χ1) is 8.70. The molecule has 18 heavy (non-hydrogen) atoms. The van der Waals surface area contributed by atoms with E-state index in [-0.39, 0.29) is 17.4 Å². The molecule has 96 valence electrons. The van der Waals surface area contributed by atoms with E-state index >= 15 is 0 Å². The van der Waals surface area contributed by atoms with E-state index in [1.165, 1.54) is 18.2 Å². The largest absolute Gasteiger partial charge is 0.508 e. The van der Waals surface area contributed by atoms with E-state index in [4.69, 9.17) is 9.26 Å². The lowest BCUT2D eigenvalue weighted by Crippen LogP contribution is -1.94. The summed E-state index contributed by atoms with van der Waals surface area (Å²) in [5.74, 6) is 0.688. The van der Waals surface area contributed by atoms with Crippen molar-refractivity contribution >= 4 is 0 Å². The van der Waals surface area contributed by atoms with Crippen molar-refractivity contribution in [3.8, 4) is 23.0 Å². The molecule has 0 atom stereocenters. The summed E-state index contributed by atoms with van der Waals surface area (Å²) in [7, 11) is 1.64. The molecule has 0 spiro atoms. The third-order valence-electron chi connectivity index (χ3n) is 2.43. The number of aromatic nitrogens is 2. The van der Waals surface area contributed by atoms with Crippen molar-refractivity contribution < 1.29 is 19.5 Å². The van der Waals surface area contributed by atoms with Crippen LogP contribution in [0.3, 0.4) is 0 Å². The molecule has 0 aliphatic carbocycles. The maximum Gasteiger partial charge on any atom is 0.261 e.